The zero-order valence-corrected chi connectivity index (χ0v) is 12.6. The topological polar surface area (TPSA) is 24.5 Å². The van der Waals surface area contributed by atoms with Gasteiger partial charge in [-0.15, -0.1) is 0 Å². The third kappa shape index (κ3) is 4.17. The van der Waals surface area contributed by atoms with E-state index in [2.05, 4.69) is 24.1 Å². The van der Waals surface area contributed by atoms with Gasteiger partial charge in [0, 0.05) is 32.2 Å². The molecule has 1 N–H and O–H groups in total. The fourth-order valence-electron chi connectivity index (χ4n) is 3.88. The van der Waals surface area contributed by atoms with Gasteiger partial charge in [0.05, 0.1) is 12.2 Å². The molecule has 0 radical (unpaired) electrons. The molecule has 0 spiro atoms. The highest BCUT2D eigenvalue weighted by Gasteiger charge is 2.30. The Labute approximate surface area is 118 Å². The van der Waals surface area contributed by atoms with Gasteiger partial charge in [0.2, 0.25) is 0 Å². The van der Waals surface area contributed by atoms with Crippen molar-refractivity contribution in [3.63, 3.8) is 0 Å². The average Bonchev–Trinajstić information content (AvgIpc) is 3.06. The highest BCUT2D eigenvalue weighted by atomic mass is 16.5. The van der Waals surface area contributed by atoms with Crippen LogP contribution in [0.2, 0.25) is 0 Å². The van der Waals surface area contributed by atoms with E-state index in [4.69, 9.17) is 4.74 Å². The Morgan fingerprint density at radius 1 is 1.00 bits per heavy atom. The minimum Gasteiger partial charge on any atom is -0.372 e. The summed E-state index contributed by atoms with van der Waals surface area (Å²) < 4.78 is 6.21. The number of likely N-dealkylation sites (tertiary alicyclic amines) is 1. The van der Waals surface area contributed by atoms with Crippen molar-refractivity contribution in [2.24, 2.45) is 11.8 Å². The van der Waals surface area contributed by atoms with E-state index >= 15 is 0 Å². The molecular weight excluding hydrogens is 236 g/mol. The highest BCUT2D eigenvalue weighted by Crippen LogP contribution is 2.26. The normalized spacial score (nSPS) is 40.7. The quantitative estimate of drug-likeness (QED) is 0.826. The molecule has 3 aliphatic rings. The van der Waals surface area contributed by atoms with Gasteiger partial charge in [-0.05, 0) is 43.9 Å². The van der Waals surface area contributed by atoms with E-state index in [1.807, 2.05) is 0 Å². The van der Waals surface area contributed by atoms with Crippen LogP contribution in [0.25, 0.3) is 0 Å². The first-order valence-electron chi connectivity index (χ1n) is 8.30. The largest absolute Gasteiger partial charge is 0.372 e. The average molecular weight is 266 g/mol. The zero-order chi connectivity index (χ0) is 13.2. The van der Waals surface area contributed by atoms with Crippen LogP contribution in [0.1, 0.15) is 46.0 Å². The van der Waals surface area contributed by atoms with Gasteiger partial charge < -0.3 is 15.0 Å². The Bertz CT molecular complexity index is 282. The molecule has 2 aliphatic heterocycles. The molecule has 1 aliphatic carbocycles. The first-order valence-corrected chi connectivity index (χ1v) is 8.30. The number of piperidine rings is 1. The maximum absolute atomic E-state index is 6.21. The van der Waals surface area contributed by atoms with Crippen molar-refractivity contribution < 1.29 is 4.74 Å². The summed E-state index contributed by atoms with van der Waals surface area (Å²) >= 11 is 0. The van der Waals surface area contributed by atoms with Crippen molar-refractivity contribution in [1.29, 1.82) is 0 Å². The van der Waals surface area contributed by atoms with Crippen molar-refractivity contribution in [1.82, 2.24) is 10.2 Å². The summed E-state index contributed by atoms with van der Waals surface area (Å²) in [4.78, 5) is 2.64. The third-order valence-electron chi connectivity index (χ3n) is 4.81. The van der Waals surface area contributed by atoms with Crippen molar-refractivity contribution >= 4 is 0 Å². The molecule has 0 aromatic carbocycles. The summed E-state index contributed by atoms with van der Waals surface area (Å²) in [6.45, 7) is 9.56. The molecule has 1 saturated carbocycles. The Hall–Kier alpha value is -0.120. The van der Waals surface area contributed by atoms with Gasteiger partial charge in [-0.1, -0.05) is 13.8 Å². The van der Waals surface area contributed by atoms with Crippen molar-refractivity contribution in [2.45, 2.75) is 64.2 Å². The van der Waals surface area contributed by atoms with Gasteiger partial charge in [0.1, 0.15) is 0 Å². The smallest absolute Gasteiger partial charge is 0.0707 e. The van der Waals surface area contributed by atoms with E-state index in [-0.39, 0.29) is 0 Å². The van der Waals surface area contributed by atoms with E-state index in [1.165, 1.54) is 45.2 Å². The zero-order valence-electron chi connectivity index (χ0n) is 12.6. The summed E-state index contributed by atoms with van der Waals surface area (Å²) in [6, 6.07) is 0.812. The monoisotopic (exact) mass is 266 g/mol. The Morgan fingerprint density at radius 3 is 2.37 bits per heavy atom. The standard InChI is InChI=1S/C16H30N2O/c1-12-7-13(2)10-18(9-12)11-16-6-5-15(19-16)8-17-14-3-4-14/h12-17H,3-11H2,1-2H3. The molecule has 0 bridgehead atoms. The lowest BCUT2D eigenvalue weighted by atomic mass is 9.91. The molecule has 4 atom stereocenters. The van der Waals surface area contributed by atoms with Crippen LogP contribution >= 0.6 is 0 Å². The molecule has 0 aromatic heterocycles. The maximum Gasteiger partial charge on any atom is 0.0707 e. The highest BCUT2D eigenvalue weighted by molar-refractivity contribution is 4.85. The van der Waals surface area contributed by atoms with Crippen LogP contribution in [-0.4, -0.2) is 49.3 Å². The fraction of sp³-hybridized carbons (Fsp3) is 1.00. The van der Waals surface area contributed by atoms with Crippen LogP contribution in [0.3, 0.4) is 0 Å². The number of nitrogens with one attached hydrogen (secondary N) is 1. The molecule has 110 valence electrons. The minimum absolute atomic E-state index is 0.477. The summed E-state index contributed by atoms with van der Waals surface area (Å²) in [5.74, 6) is 1.72. The molecule has 3 rings (SSSR count). The molecule has 3 heteroatoms. The van der Waals surface area contributed by atoms with E-state index < -0.39 is 0 Å². The number of nitrogens with zero attached hydrogens (tertiary/aromatic N) is 1. The van der Waals surface area contributed by atoms with Crippen LogP contribution in [0.15, 0.2) is 0 Å². The molecular formula is C16H30N2O. The first-order chi connectivity index (χ1) is 9.19. The van der Waals surface area contributed by atoms with Gasteiger partial charge in [-0.25, -0.2) is 0 Å². The van der Waals surface area contributed by atoms with Gasteiger partial charge in [-0.2, -0.15) is 0 Å². The minimum atomic E-state index is 0.477. The van der Waals surface area contributed by atoms with Gasteiger partial charge in [-0.3, -0.25) is 0 Å². The van der Waals surface area contributed by atoms with E-state index in [9.17, 15) is 0 Å². The molecule has 0 amide bonds. The maximum atomic E-state index is 6.21. The third-order valence-corrected chi connectivity index (χ3v) is 4.81. The summed E-state index contributed by atoms with van der Waals surface area (Å²) in [6.07, 6.45) is 7.63. The molecule has 2 saturated heterocycles. The number of hydrogen-bond donors (Lipinski definition) is 1. The number of rotatable bonds is 5. The van der Waals surface area contributed by atoms with E-state index in [0.717, 1.165) is 31.0 Å². The number of ether oxygens (including phenoxy) is 1. The Kier molecular flexibility index (Phi) is 4.45. The summed E-state index contributed by atoms with van der Waals surface area (Å²) in [5, 5.41) is 3.60. The molecule has 3 fully saturated rings. The molecule has 0 aromatic rings. The number of hydrogen-bond acceptors (Lipinski definition) is 3. The fourth-order valence-corrected chi connectivity index (χ4v) is 3.88. The lowest BCUT2D eigenvalue weighted by molar-refractivity contribution is 0.0100. The van der Waals surface area contributed by atoms with Crippen molar-refractivity contribution in [2.75, 3.05) is 26.2 Å². The Balaban J connectivity index is 1.38. The summed E-state index contributed by atoms with van der Waals surface area (Å²) in [5.41, 5.74) is 0. The van der Waals surface area contributed by atoms with Gasteiger partial charge >= 0.3 is 0 Å². The lowest BCUT2D eigenvalue weighted by Gasteiger charge is -2.36. The van der Waals surface area contributed by atoms with Crippen LogP contribution in [0.5, 0.6) is 0 Å². The van der Waals surface area contributed by atoms with Gasteiger partial charge in [0.15, 0.2) is 0 Å². The van der Waals surface area contributed by atoms with Crippen LogP contribution in [-0.2, 0) is 4.74 Å². The molecule has 2 heterocycles. The van der Waals surface area contributed by atoms with Crippen LogP contribution in [0, 0.1) is 11.8 Å². The van der Waals surface area contributed by atoms with E-state index in [1.54, 1.807) is 0 Å². The second-order valence-corrected chi connectivity index (χ2v) is 7.30. The second-order valence-electron chi connectivity index (χ2n) is 7.30. The predicted molar refractivity (Wildman–Crippen MR) is 78.3 cm³/mol. The molecule has 4 unspecified atom stereocenters. The SMILES string of the molecule is CC1CC(C)CN(CC2CCC(CNC3CC3)O2)C1. The summed E-state index contributed by atoms with van der Waals surface area (Å²) in [7, 11) is 0. The molecule has 3 nitrogen and oxygen atoms in total. The lowest BCUT2D eigenvalue weighted by Crippen LogP contribution is -2.42. The second kappa shape index (κ2) is 6.11. The predicted octanol–water partition coefficient (Wildman–Crippen LogP) is 2.26. The van der Waals surface area contributed by atoms with Crippen molar-refractivity contribution in [3.8, 4) is 0 Å². The van der Waals surface area contributed by atoms with Crippen molar-refractivity contribution in [3.05, 3.63) is 0 Å². The Morgan fingerprint density at radius 2 is 1.68 bits per heavy atom. The van der Waals surface area contributed by atoms with Gasteiger partial charge in [0.25, 0.3) is 0 Å². The van der Waals surface area contributed by atoms with E-state index in [0.29, 0.717) is 12.2 Å². The van der Waals surface area contributed by atoms with Crippen LogP contribution in [0.4, 0.5) is 0 Å². The first kappa shape index (κ1) is 13.8. The molecule has 19 heavy (non-hydrogen) atoms. The van der Waals surface area contributed by atoms with Crippen LogP contribution < -0.4 is 5.32 Å².